The lowest BCUT2D eigenvalue weighted by atomic mass is 9.90. The quantitative estimate of drug-likeness (QED) is 0.340. The number of benzene rings is 2. The Morgan fingerprint density at radius 2 is 1.22 bits per heavy atom. The molecule has 0 aromatic heterocycles. The zero-order chi connectivity index (χ0) is 26.4. The Hall–Kier alpha value is -4.51. The topological polar surface area (TPSA) is 60.2 Å². The van der Waals surface area contributed by atoms with Crippen LogP contribution in [0.1, 0.15) is 36.1 Å². The van der Waals surface area contributed by atoms with Gasteiger partial charge in [0.2, 0.25) is 6.41 Å². The third-order valence-corrected chi connectivity index (χ3v) is 6.52. The molecule has 0 bridgehead atoms. The Labute approximate surface area is 218 Å². The number of carbonyl (C=O) groups is 1. The number of hydrogen-bond donors (Lipinski definition) is 0. The lowest BCUT2D eigenvalue weighted by Gasteiger charge is -2.18. The molecule has 5 nitrogen and oxygen atoms in total. The number of amides is 1. The van der Waals surface area contributed by atoms with Crippen molar-refractivity contribution in [2.45, 2.75) is 13.8 Å². The molecule has 186 valence electrons. The Morgan fingerprint density at radius 3 is 1.68 bits per heavy atom. The summed E-state index contributed by atoms with van der Waals surface area (Å²) >= 11 is 0. The van der Waals surface area contributed by atoms with E-state index in [1.165, 1.54) is 0 Å². The zero-order valence-electron chi connectivity index (χ0n) is 21.8. The summed E-state index contributed by atoms with van der Waals surface area (Å²) in [5, 5.41) is 0. The van der Waals surface area contributed by atoms with Gasteiger partial charge in [-0.05, 0) is 48.3 Å². The summed E-state index contributed by atoms with van der Waals surface area (Å²) in [5.41, 5.74) is 9.43. The maximum Gasteiger partial charge on any atom is 0.233 e. The molecule has 2 aliphatic rings. The van der Waals surface area contributed by atoms with E-state index in [2.05, 4.69) is 54.2 Å². The molecule has 0 aliphatic heterocycles. The summed E-state index contributed by atoms with van der Waals surface area (Å²) in [7, 11) is 5.10. The van der Waals surface area contributed by atoms with Crippen LogP contribution in [0.2, 0.25) is 0 Å². The van der Waals surface area contributed by atoms with Crippen molar-refractivity contribution in [2.24, 2.45) is 9.98 Å². The third-order valence-electron chi connectivity index (χ3n) is 6.52. The molecule has 0 N–H and O–H groups in total. The van der Waals surface area contributed by atoms with Gasteiger partial charge in [-0.2, -0.15) is 0 Å². The van der Waals surface area contributed by atoms with Crippen molar-refractivity contribution < 1.29 is 14.3 Å². The van der Waals surface area contributed by atoms with Crippen LogP contribution in [-0.2, 0) is 4.79 Å². The van der Waals surface area contributed by atoms with Crippen LogP contribution in [0.5, 0.6) is 11.5 Å². The second-order valence-electron chi connectivity index (χ2n) is 8.61. The van der Waals surface area contributed by atoms with Gasteiger partial charge in [-0.1, -0.05) is 72.9 Å². The molecule has 0 saturated heterocycles. The largest absolute Gasteiger partial charge is 0.496 e. The molecule has 37 heavy (non-hydrogen) atoms. The molecule has 0 fully saturated rings. The van der Waals surface area contributed by atoms with E-state index < -0.39 is 0 Å². The van der Waals surface area contributed by atoms with Crippen LogP contribution < -0.4 is 9.47 Å². The van der Waals surface area contributed by atoms with Crippen molar-refractivity contribution in [3.63, 3.8) is 0 Å². The molecule has 0 atom stereocenters. The molecular weight excluding hydrogens is 460 g/mol. The van der Waals surface area contributed by atoms with Crippen molar-refractivity contribution in [3.8, 4) is 11.5 Å². The molecule has 0 unspecified atom stereocenters. The Bertz CT molecular complexity index is 1480. The SMILES string of the molecule is CN=C1\C(=C/C=C(C)/C(C)=C/C=C2/C=Cc3cccc(OC)c3C2=NC=O)C=Cc2cccc(OC)c21. The molecule has 0 radical (unpaired) electrons. The lowest BCUT2D eigenvalue weighted by molar-refractivity contribution is -0.106. The lowest BCUT2D eigenvalue weighted by Crippen LogP contribution is -2.11. The number of aliphatic imine (C=N–C) groups is 2. The molecule has 4 rings (SSSR count). The van der Waals surface area contributed by atoms with Crippen LogP contribution in [-0.4, -0.2) is 39.1 Å². The van der Waals surface area contributed by atoms with Gasteiger partial charge in [0.05, 0.1) is 31.2 Å². The normalized spacial score (nSPS) is 19.4. The first-order valence-corrected chi connectivity index (χ1v) is 12.0. The number of ether oxygens (including phenoxy) is 2. The minimum Gasteiger partial charge on any atom is -0.496 e. The number of rotatable bonds is 6. The fourth-order valence-corrected chi connectivity index (χ4v) is 4.42. The van der Waals surface area contributed by atoms with E-state index in [-0.39, 0.29) is 0 Å². The molecule has 0 heterocycles. The first-order valence-electron chi connectivity index (χ1n) is 12.0. The van der Waals surface area contributed by atoms with Gasteiger partial charge < -0.3 is 9.47 Å². The maximum absolute atomic E-state index is 11.3. The predicted molar refractivity (Wildman–Crippen MR) is 153 cm³/mol. The van der Waals surface area contributed by atoms with E-state index in [0.717, 1.165) is 56.0 Å². The smallest absolute Gasteiger partial charge is 0.233 e. The van der Waals surface area contributed by atoms with Gasteiger partial charge in [0.1, 0.15) is 11.5 Å². The van der Waals surface area contributed by atoms with Crippen molar-refractivity contribution >= 4 is 30.0 Å². The van der Waals surface area contributed by atoms with Crippen LogP contribution in [0.3, 0.4) is 0 Å². The number of hydrogen-bond acceptors (Lipinski definition) is 4. The van der Waals surface area contributed by atoms with E-state index in [1.807, 2.05) is 54.6 Å². The van der Waals surface area contributed by atoms with Crippen LogP contribution in [0.4, 0.5) is 0 Å². The average Bonchev–Trinajstić information content (AvgIpc) is 2.94. The minimum atomic E-state index is 0.574. The first kappa shape index (κ1) is 25.6. The fourth-order valence-electron chi connectivity index (χ4n) is 4.42. The molecule has 1 amide bonds. The van der Waals surface area contributed by atoms with Crippen molar-refractivity contribution in [3.05, 3.63) is 117 Å². The Kier molecular flexibility index (Phi) is 7.94. The van der Waals surface area contributed by atoms with Crippen LogP contribution >= 0.6 is 0 Å². The van der Waals surface area contributed by atoms with Gasteiger partial charge in [0.25, 0.3) is 0 Å². The number of carbonyl (C=O) groups excluding carboxylic acids is 1. The van der Waals surface area contributed by atoms with Crippen molar-refractivity contribution in [2.75, 3.05) is 21.3 Å². The predicted octanol–water partition coefficient (Wildman–Crippen LogP) is 6.57. The summed E-state index contributed by atoms with van der Waals surface area (Å²) in [6.07, 6.45) is 16.9. The zero-order valence-corrected chi connectivity index (χ0v) is 21.8. The number of methoxy groups -OCH3 is 2. The van der Waals surface area contributed by atoms with E-state index in [0.29, 0.717) is 17.9 Å². The second kappa shape index (κ2) is 11.5. The summed E-state index contributed by atoms with van der Waals surface area (Å²) in [6, 6.07) is 11.8. The molecule has 0 spiro atoms. The van der Waals surface area contributed by atoms with Crippen molar-refractivity contribution in [1.82, 2.24) is 0 Å². The van der Waals surface area contributed by atoms with E-state index in [9.17, 15) is 4.79 Å². The van der Waals surface area contributed by atoms with Gasteiger partial charge in [-0.25, -0.2) is 4.99 Å². The highest BCUT2D eigenvalue weighted by atomic mass is 16.5. The van der Waals surface area contributed by atoms with Crippen LogP contribution in [0.25, 0.3) is 12.2 Å². The van der Waals surface area contributed by atoms with Crippen molar-refractivity contribution in [1.29, 1.82) is 0 Å². The molecular formula is C32H30N2O3. The minimum absolute atomic E-state index is 0.574. The van der Waals surface area contributed by atoms with Gasteiger partial charge in [-0.15, -0.1) is 0 Å². The number of fused-ring (bicyclic) bond motifs is 2. The van der Waals surface area contributed by atoms with Gasteiger partial charge in [-0.3, -0.25) is 9.79 Å². The van der Waals surface area contributed by atoms with E-state index in [1.54, 1.807) is 21.3 Å². The van der Waals surface area contributed by atoms with Gasteiger partial charge >= 0.3 is 0 Å². The summed E-state index contributed by atoms with van der Waals surface area (Å²) in [6.45, 7) is 4.13. The van der Waals surface area contributed by atoms with Crippen LogP contribution in [0.15, 0.2) is 105 Å². The standard InChI is InChI=1S/C32H30N2O3/c1-21(12-14-25-18-16-23-8-6-10-27(36-4)29(23)31(25)33-3)22(2)13-15-26-19-17-24-9-7-11-28(37-5)30(24)32(26)34-20-35/h6-20H,1-5H3/b21-12+,22-13+,25-14-,26-15-,33-31?,34-32?. The number of allylic oxidation sites excluding steroid dienone is 10. The average molecular weight is 491 g/mol. The highest BCUT2D eigenvalue weighted by molar-refractivity contribution is 6.22. The monoisotopic (exact) mass is 490 g/mol. The van der Waals surface area contributed by atoms with Gasteiger partial charge in [0.15, 0.2) is 0 Å². The second-order valence-corrected chi connectivity index (χ2v) is 8.61. The Balaban J connectivity index is 1.64. The highest BCUT2D eigenvalue weighted by Crippen LogP contribution is 2.32. The fraction of sp³-hybridized carbons (Fsp3) is 0.156. The van der Waals surface area contributed by atoms with E-state index >= 15 is 0 Å². The molecule has 2 aliphatic carbocycles. The summed E-state index contributed by atoms with van der Waals surface area (Å²) in [5.74, 6) is 1.49. The molecule has 0 saturated carbocycles. The summed E-state index contributed by atoms with van der Waals surface area (Å²) < 4.78 is 11.1. The van der Waals surface area contributed by atoms with E-state index in [4.69, 9.17) is 9.47 Å². The van der Waals surface area contributed by atoms with Gasteiger partial charge in [0, 0.05) is 23.8 Å². The summed E-state index contributed by atoms with van der Waals surface area (Å²) in [4.78, 5) is 20.0. The third kappa shape index (κ3) is 5.21. The maximum atomic E-state index is 11.3. The molecule has 5 heteroatoms. The Morgan fingerprint density at radius 1 is 0.730 bits per heavy atom. The first-order chi connectivity index (χ1) is 18.0. The molecule has 2 aromatic rings. The highest BCUT2D eigenvalue weighted by Gasteiger charge is 2.21. The number of nitrogens with zero attached hydrogens (tertiary/aromatic N) is 2. The molecule has 2 aromatic carbocycles. The van der Waals surface area contributed by atoms with Crippen LogP contribution in [0, 0.1) is 0 Å².